The van der Waals surface area contributed by atoms with Crippen LogP contribution >= 0.6 is 0 Å². The van der Waals surface area contributed by atoms with Gasteiger partial charge in [-0.1, -0.05) is 27.2 Å². The summed E-state index contributed by atoms with van der Waals surface area (Å²) in [6.45, 7) is 6.52. The van der Waals surface area contributed by atoms with Gasteiger partial charge in [0.2, 0.25) is 5.95 Å². The highest BCUT2D eigenvalue weighted by atomic mass is 19.1. The Morgan fingerprint density at radius 1 is 1.28 bits per heavy atom. The van der Waals surface area contributed by atoms with Crippen molar-refractivity contribution in [2.75, 3.05) is 18.0 Å². The first-order valence-electron chi connectivity index (χ1n) is 9.94. The second-order valence-electron chi connectivity index (χ2n) is 7.40. The zero-order valence-corrected chi connectivity index (χ0v) is 17.0. The first-order valence-corrected chi connectivity index (χ1v) is 9.94. The molecule has 7 nitrogen and oxygen atoms in total. The number of halogens is 1. The van der Waals surface area contributed by atoms with Gasteiger partial charge in [-0.2, -0.15) is 0 Å². The molecule has 0 spiro atoms. The van der Waals surface area contributed by atoms with E-state index in [2.05, 4.69) is 21.9 Å². The second kappa shape index (κ2) is 9.07. The number of Topliss-reactive ketones (excluding diaryl/α,β-unsaturated/α-hetero) is 1. The lowest BCUT2D eigenvalue weighted by molar-refractivity contribution is -0.119. The van der Waals surface area contributed by atoms with Gasteiger partial charge in [0.05, 0.1) is 37.9 Å². The van der Waals surface area contributed by atoms with Crippen molar-refractivity contribution >= 4 is 17.8 Å². The van der Waals surface area contributed by atoms with Gasteiger partial charge in [-0.3, -0.25) is 14.7 Å². The first-order chi connectivity index (χ1) is 13.9. The summed E-state index contributed by atoms with van der Waals surface area (Å²) in [5.74, 6) is -0.294. The summed E-state index contributed by atoms with van der Waals surface area (Å²) in [7, 11) is 0. The summed E-state index contributed by atoms with van der Waals surface area (Å²) < 4.78 is 13.2. The highest BCUT2D eigenvalue weighted by Gasteiger charge is 2.42. The number of pyridine rings is 1. The fourth-order valence-electron chi connectivity index (χ4n) is 3.51. The Morgan fingerprint density at radius 2 is 2.00 bits per heavy atom. The molecule has 1 aliphatic heterocycles. The van der Waals surface area contributed by atoms with Crippen molar-refractivity contribution in [1.29, 1.82) is 0 Å². The van der Waals surface area contributed by atoms with Gasteiger partial charge >= 0.3 is 6.03 Å². The molecule has 154 valence electrons. The number of anilines is 1. The molecule has 0 aromatic carbocycles. The van der Waals surface area contributed by atoms with Crippen LogP contribution in [-0.2, 0) is 17.6 Å². The van der Waals surface area contributed by atoms with Crippen LogP contribution in [0, 0.1) is 11.7 Å². The Hall–Kier alpha value is -2.90. The zero-order chi connectivity index (χ0) is 21.0. The SMILES string of the molecule is CCc1ccnc(CC(=O)CN2C(=O)N(c3ncc(F)cn3)C[C@@H]2[C@@H](C)CC)c1. The number of carbonyl (C=O) groups is 2. The molecule has 0 radical (unpaired) electrons. The van der Waals surface area contributed by atoms with Gasteiger partial charge < -0.3 is 4.90 Å². The van der Waals surface area contributed by atoms with E-state index in [1.54, 1.807) is 11.1 Å². The maximum absolute atomic E-state index is 13.2. The Balaban J connectivity index is 1.76. The highest BCUT2D eigenvalue weighted by Crippen LogP contribution is 2.26. The molecule has 2 atom stereocenters. The molecule has 0 unspecified atom stereocenters. The van der Waals surface area contributed by atoms with Crippen molar-refractivity contribution in [1.82, 2.24) is 19.9 Å². The van der Waals surface area contributed by atoms with Gasteiger partial charge in [0.15, 0.2) is 11.6 Å². The van der Waals surface area contributed by atoms with Gasteiger partial charge in [-0.25, -0.2) is 19.2 Å². The maximum Gasteiger partial charge on any atom is 0.327 e. The van der Waals surface area contributed by atoms with Crippen LogP contribution in [0.1, 0.15) is 38.4 Å². The lowest BCUT2D eigenvalue weighted by atomic mass is 9.98. The lowest BCUT2D eigenvalue weighted by Gasteiger charge is -2.26. The number of urea groups is 1. The van der Waals surface area contributed by atoms with Gasteiger partial charge in [-0.05, 0) is 30.0 Å². The van der Waals surface area contributed by atoms with Crippen LogP contribution in [0.2, 0.25) is 0 Å². The summed E-state index contributed by atoms with van der Waals surface area (Å²) in [6.07, 6.45) is 5.69. The predicted octanol–water partition coefficient (Wildman–Crippen LogP) is 3.04. The Morgan fingerprint density at radius 3 is 2.66 bits per heavy atom. The summed E-state index contributed by atoms with van der Waals surface area (Å²) in [6, 6.07) is 3.39. The zero-order valence-electron chi connectivity index (χ0n) is 17.0. The molecule has 0 bridgehead atoms. The molecule has 2 amide bonds. The van der Waals surface area contributed by atoms with Crippen LogP contribution in [0.25, 0.3) is 0 Å². The predicted molar refractivity (Wildman–Crippen MR) is 107 cm³/mol. The maximum atomic E-state index is 13.2. The number of hydrogen-bond donors (Lipinski definition) is 0. The average Bonchev–Trinajstić information content (AvgIpc) is 3.04. The quantitative estimate of drug-likeness (QED) is 0.682. The number of ketones is 1. The lowest BCUT2D eigenvalue weighted by Crippen LogP contribution is -2.42. The molecule has 0 saturated carbocycles. The van der Waals surface area contributed by atoms with Crippen LogP contribution in [0.5, 0.6) is 0 Å². The number of carbonyl (C=O) groups excluding carboxylic acids is 2. The number of nitrogens with zero attached hydrogens (tertiary/aromatic N) is 5. The molecule has 8 heteroatoms. The Kier molecular flexibility index (Phi) is 6.51. The van der Waals surface area contributed by atoms with E-state index in [9.17, 15) is 14.0 Å². The van der Waals surface area contributed by atoms with Crippen molar-refractivity contribution in [3.8, 4) is 0 Å². The Labute approximate surface area is 170 Å². The molecule has 3 heterocycles. The summed E-state index contributed by atoms with van der Waals surface area (Å²) in [5.41, 5.74) is 1.83. The summed E-state index contributed by atoms with van der Waals surface area (Å²) >= 11 is 0. The van der Waals surface area contributed by atoms with E-state index in [1.807, 2.05) is 26.0 Å². The molecule has 29 heavy (non-hydrogen) atoms. The van der Waals surface area contributed by atoms with E-state index in [0.29, 0.717) is 12.2 Å². The van der Waals surface area contributed by atoms with Gasteiger partial charge in [0, 0.05) is 11.9 Å². The minimum Gasteiger partial charge on any atom is -0.312 e. The number of amides is 2. The number of aromatic nitrogens is 3. The minimum atomic E-state index is -0.562. The molecule has 1 saturated heterocycles. The van der Waals surface area contributed by atoms with Crippen molar-refractivity contribution in [3.63, 3.8) is 0 Å². The van der Waals surface area contributed by atoms with Gasteiger partial charge in [0.25, 0.3) is 0 Å². The topological polar surface area (TPSA) is 79.3 Å². The molecule has 1 fully saturated rings. The van der Waals surface area contributed by atoms with Crippen molar-refractivity contribution in [3.05, 3.63) is 47.8 Å². The Bertz CT molecular complexity index is 874. The minimum absolute atomic E-state index is 0.00354. The fraction of sp³-hybridized carbons (Fsp3) is 0.476. The van der Waals surface area contributed by atoms with Crippen molar-refractivity contribution in [2.24, 2.45) is 5.92 Å². The van der Waals surface area contributed by atoms with Crippen LogP contribution in [0.4, 0.5) is 15.1 Å². The smallest absolute Gasteiger partial charge is 0.312 e. The monoisotopic (exact) mass is 399 g/mol. The normalized spacial score (nSPS) is 17.7. The fourth-order valence-corrected chi connectivity index (χ4v) is 3.51. The third kappa shape index (κ3) is 4.75. The van der Waals surface area contributed by atoms with Gasteiger partial charge in [0.1, 0.15) is 0 Å². The van der Waals surface area contributed by atoms with E-state index >= 15 is 0 Å². The van der Waals surface area contributed by atoms with Crippen LogP contribution < -0.4 is 4.90 Å². The largest absolute Gasteiger partial charge is 0.327 e. The van der Waals surface area contributed by atoms with Crippen molar-refractivity contribution < 1.29 is 14.0 Å². The van der Waals surface area contributed by atoms with Gasteiger partial charge in [-0.15, -0.1) is 0 Å². The first kappa shape index (κ1) is 20.8. The molecular formula is C21H26FN5O2. The summed E-state index contributed by atoms with van der Waals surface area (Å²) in [5, 5.41) is 0. The number of hydrogen-bond acceptors (Lipinski definition) is 5. The summed E-state index contributed by atoms with van der Waals surface area (Å²) in [4.78, 5) is 40.9. The molecular weight excluding hydrogens is 373 g/mol. The standard InChI is InChI=1S/C21H26FN5O2/c1-4-14(3)19-13-27(20-24-10-16(22)11-25-20)21(29)26(19)12-18(28)9-17-8-15(5-2)6-7-23-17/h6-8,10-11,14,19H,4-5,9,12-13H2,1-3H3/t14-,19+/m0/s1. The molecule has 1 aliphatic rings. The molecule has 2 aromatic rings. The van der Waals surface area contributed by atoms with Crippen molar-refractivity contribution in [2.45, 2.75) is 46.1 Å². The molecule has 2 aromatic heterocycles. The third-order valence-electron chi connectivity index (χ3n) is 5.41. The number of rotatable bonds is 8. The van der Waals surface area contributed by atoms with E-state index in [-0.39, 0.29) is 42.7 Å². The highest BCUT2D eigenvalue weighted by molar-refractivity contribution is 5.96. The molecule has 3 rings (SSSR count). The molecule has 0 N–H and O–H groups in total. The van der Waals surface area contributed by atoms with Crippen LogP contribution in [0.15, 0.2) is 30.7 Å². The van der Waals surface area contributed by atoms with Crippen LogP contribution in [0.3, 0.4) is 0 Å². The van der Waals surface area contributed by atoms with Crippen LogP contribution in [-0.4, -0.2) is 50.8 Å². The van der Waals surface area contributed by atoms with E-state index < -0.39 is 5.82 Å². The molecule has 0 aliphatic carbocycles. The number of aryl methyl sites for hydroxylation is 1. The third-order valence-corrected chi connectivity index (χ3v) is 5.41. The second-order valence-corrected chi connectivity index (χ2v) is 7.40. The van der Waals surface area contributed by atoms with E-state index in [0.717, 1.165) is 30.8 Å². The average molecular weight is 399 g/mol. The van der Waals surface area contributed by atoms with E-state index in [1.165, 1.54) is 4.90 Å². The van der Waals surface area contributed by atoms with E-state index in [4.69, 9.17) is 0 Å².